The van der Waals surface area contributed by atoms with Crippen LogP contribution in [0.3, 0.4) is 0 Å². The van der Waals surface area contributed by atoms with Gasteiger partial charge in [0.25, 0.3) is 0 Å². The lowest BCUT2D eigenvalue weighted by Gasteiger charge is -2.28. The number of hydrogen-bond donors (Lipinski definition) is 0. The highest BCUT2D eigenvalue weighted by molar-refractivity contribution is 6.22. The van der Waals surface area contributed by atoms with Crippen LogP contribution in [0, 0.1) is 0 Å². The lowest BCUT2D eigenvalue weighted by atomic mass is 10.0. The number of hydrogen-bond acceptors (Lipinski definition) is 5. The molecule has 2 atom stereocenters. The Morgan fingerprint density at radius 3 is 1.97 bits per heavy atom. The van der Waals surface area contributed by atoms with Gasteiger partial charge in [0.2, 0.25) is 0 Å². The van der Waals surface area contributed by atoms with Crippen LogP contribution in [0.25, 0.3) is 11.1 Å². The van der Waals surface area contributed by atoms with Gasteiger partial charge in [0, 0.05) is 22.3 Å². The smallest absolute Gasteiger partial charge is 0.194 e. The Bertz CT molecular complexity index is 888. The summed E-state index contributed by atoms with van der Waals surface area (Å²) in [5, 5.41) is 0. The molecule has 30 heavy (non-hydrogen) atoms. The van der Waals surface area contributed by atoms with Crippen molar-refractivity contribution in [3.8, 4) is 22.6 Å². The van der Waals surface area contributed by atoms with Crippen molar-refractivity contribution >= 4 is 5.78 Å². The van der Waals surface area contributed by atoms with Gasteiger partial charge in [-0.2, -0.15) is 0 Å². The number of carbonyl (C=O) groups is 1. The van der Waals surface area contributed by atoms with Gasteiger partial charge >= 0.3 is 0 Å². The second-order valence-electron chi connectivity index (χ2n) is 7.59. The molecule has 2 aromatic carbocycles. The van der Waals surface area contributed by atoms with Crippen molar-refractivity contribution in [2.24, 2.45) is 0 Å². The van der Waals surface area contributed by atoms with Crippen LogP contribution in [0.5, 0.6) is 11.5 Å². The summed E-state index contributed by atoms with van der Waals surface area (Å²) in [6.45, 7) is 16.3. The fraction of sp³-hybridized carbons (Fsp3) is 0.480. The summed E-state index contributed by atoms with van der Waals surface area (Å²) >= 11 is 0. The van der Waals surface area contributed by atoms with Crippen LogP contribution in [0.1, 0.15) is 57.5 Å². The molecule has 0 saturated heterocycles. The summed E-state index contributed by atoms with van der Waals surface area (Å²) in [6.07, 6.45) is -0.114. The van der Waals surface area contributed by atoms with E-state index in [2.05, 4.69) is 51.3 Å². The first-order valence-electron chi connectivity index (χ1n) is 11.1. The van der Waals surface area contributed by atoms with Crippen molar-refractivity contribution in [3.05, 3.63) is 47.5 Å². The minimum absolute atomic E-state index is 0.0381. The van der Waals surface area contributed by atoms with E-state index in [1.807, 2.05) is 36.4 Å². The zero-order valence-corrected chi connectivity index (χ0v) is 19.1. The molecule has 5 heteroatoms. The molecule has 1 aliphatic carbocycles. The Balaban J connectivity index is 1.96. The molecule has 3 rings (SSSR count). The lowest BCUT2D eigenvalue weighted by molar-refractivity contribution is 0.0480. The zero-order chi connectivity index (χ0) is 21.8. The van der Waals surface area contributed by atoms with Crippen LogP contribution in [0.2, 0.25) is 0 Å². The van der Waals surface area contributed by atoms with E-state index in [1.165, 1.54) is 0 Å². The molecule has 0 saturated carbocycles. The number of benzene rings is 2. The number of ether oxygens (including phenoxy) is 2. The summed E-state index contributed by atoms with van der Waals surface area (Å²) in [7, 11) is 0. The second kappa shape index (κ2) is 9.63. The average molecular weight is 411 g/mol. The van der Waals surface area contributed by atoms with Gasteiger partial charge in [-0.3, -0.25) is 14.6 Å². The van der Waals surface area contributed by atoms with Crippen molar-refractivity contribution in [2.75, 3.05) is 26.2 Å². The molecule has 0 aliphatic heterocycles. The fourth-order valence-electron chi connectivity index (χ4n) is 4.25. The summed E-state index contributed by atoms with van der Waals surface area (Å²) in [5.41, 5.74) is 3.17. The topological polar surface area (TPSA) is 42.0 Å². The highest BCUT2D eigenvalue weighted by Crippen LogP contribution is 2.44. The first-order valence-corrected chi connectivity index (χ1v) is 11.1. The monoisotopic (exact) mass is 410 g/mol. The maximum Gasteiger partial charge on any atom is 0.194 e. The Morgan fingerprint density at radius 1 is 0.767 bits per heavy atom. The Morgan fingerprint density at radius 2 is 1.37 bits per heavy atom. The summed E-state index contributed by atoms with van der Waals surface area (Å²) in [6, 6.07) is 11.5. The third-order valence-corrected chi connectivity index (χ3v) is 6.03. The molecule has 0 bridgehead atoms. The predicted octanol–water partition coefficient (Wildman–Crippen LogP) is 5.03. The molecule has 0 aromatic heterocycles. The van der Waals surface area contributed by atoms with E-state index >= 15 is 0 Å². The maximum atomic E-state index is 13.0. The Hall–Kier alpha value is -2.37. The zero-order valence-electron chi connectivity index (χ0n) is 19.1. The minimum atomic E-state index is -0.0761. The molecule has 2 aromatic rings. The standard InChI is InChI=1S/C25H34N2O3/c1-7-26(8-2)17(5)29-19-14-15-20-22(16-19)24-21(25(20)28)12-11-13-23(24)30-18(6)27(9-3)10-4/h11-18H,7-10H2,1-6H3. The molecule has 0 radical (unpaired) electrons. The quantitative estimate of drug-likeness (QED) is 0.439. The second-order valence-corrected chi connectivity index (χ2v) is 7.59. The molecule has 0 N–H and O–H groups in total. The fourth-order valence-corrected chi connectivity index (χ4v) is 4.25. The first kappa shape index (κ1) is 22.3. The van der Waals surface area contributed by atoms with Gasteiger partial charge in [0.1, 0.15) is 24.0 Å². The SMILES string of the molecule is CCN(CC)C(C)Oc1ccc2c(c1)-c1c(OC(C)N(CC)CC)cccc1C2=O. The molecule has 0 heterocycles. The maximum absolute atomic E-state index is 13.0. The molecule has 0 spiro atoms. The van der Waals surface area contributed by atoms with E-state index in [0.717, 1.165) is 48.8 Å². The number of nitrogens with zero attached hydrogens (tertiary/aromatic N) is 2. The van der Waals surface area contributed by atoms with Gasteiger partial charge in [-0.15, -0.1) is 0 Å². The van der Waals surface area contributed by atoms with E-state index in [9.17, 15) is 4.79 Å². The average Bonchev–Trinajstić information content (AvgIpc) is 3.02. The molecule has 1 aliphatic rings. The van der Waals surface area contributed by atoms with Gasteiger partial charge in [-0.1, -0.05) is 39.8 Å². The largest absolute Gasteiger partial charge is 0.475 e. The Labute approximate surface area is 180 Å². The van der Waals surface area contributed by atoms with Gasteiger partial charge < -0.3 is 9.47 Å². The molecule has 0 fully saturated rings. The highest BCUT2D eigenvalue weighted by Gasteiger charge is 2.31. The summed E-state index contributed by atoms with van der Waals surface area (Å²) in [4.78, 5) is 17.5. The van der Waals surface area contributed by atoms with Gasteiger partial charge in [-0.05, 0) is 64.3 Å². The van der Waals surface area contributed by atoms with Gasteiger partial charge in [0.15, 0.2) is 5.78 Å². The van der Waals surface area contributed by atoms with Crippen molar-refractivity contribution in [1.29, 1.82) is 0 Å². The van der Waals surface area contributed by atoms with Crippen LogP contribution in [-0.4, -0.2) is 54.2 Å². The first-order chi connectivity index (χ1) is 14.4. The molecule has 162 valence electrons. The molecular weight excluding hydrogens is 376 g/mol. The van der Waals surface area contributed by atoms with Crippen LogP contribution in [0.15, 0.2) is 36.4 Å². The van der Waals surface area contributed by atoms with Crippen LogP contribution >= 0.6 is 0 Å². The van der Waals surface area contributed by atoms with Crippen LogP contribution in [-0.2, 0) is 0 Å². The van der Waals surface area contributed by atoms with E-state index in [-0.39, 0.29) is 18.2 Å². The number of fused-ring (bicyclic) bond motifs is 3. The third kappa shape index (κ3) is 4.23. The van der Waals surface area contributed by atoms with Gasteiger partial charge in [0.05, 0.1) is 0 Å². The van der Waals surface area contributed by atoms with E-state index in [1.54, 1.807) is 0 Å². The summed E-state index contributed by atoms with van der Waals surface area (Å²) in [5.74, 6) is 1.55. The van der Waals surface area contributed by atoms with E-state index in [0.29, 0.717) is 11.1 Å². The van der Waals surface area contributed by atoms with Crippen LogP contribution < -0.4 is 9.47 Å². The molecule has 0 amide bonds. The molecule has 5 nitrogen and oxygen atoms in total. The van der Waals surface area contributed by atoms with Crippen molar-refractivity contribution in [2.45, 2.75) is 54.0 Å². The number of rotatable bonds is 10. The Kier molecular flexibility index (Phi) is 7.16. The third-order valence-electron chi connectivity index (χ3n) is 6.03. The molecular formula is C25H34N2O3. The van der Waals surface area contributed by atoms with Crippen molar-refractivity contribution < 1.29 is 14.3 Å². The van der Waals surface area contributed by atoms with Crippen LogP contribution in [0.4, 0.5) is 0 Å². The number of ketones is 1. The van der Waals surface area contributed by atoms with Crippen molar-refractivity contribution in [3.63, 3.8) is 0 Å². The molecule has 2 unspecified atom stereocenters. The lowest BCUT2D eigenvalue weighted by Crippen LogP contribution is -2.37. The normalized spacial score (nSPS) is 14.6. The predicted molar refractivity (Wildman–Crippen MR) is 121 cm³/mol. The highest BCUT2D eigenvalue weighted by atomic mass is 16.5. The minimum Gasteiger partial charge on any atom is -0.475 e. The summed E-state index contributed by atoms with van der Waals surface area (Å²) < 4.78 is 12.5. The number of carbonyl (C=O) groups excluding carboxylic acids is 1. The van der Waals surface area contributed by atoms with Crippen molar-refractivity contribution in [1.82, 2.24) is 9.80 Å². The van der Waals surface area contributed by atoms with E-state index < -0.39 is 0 Å². The van der Waals surface area contributed by atoms with Gasteiger partial charge in [-0.25, -0.2) is 0 Å². The van der Waals surface area contributed by atoms with E-state index in [4.69, 9.17) is 9.47 Å².